The zero-order chi connectivity index (χ0) is 13.7. The predicted molar refractivity (Wildman–Crippen MR) is 72.2 cm³/mol. The smallest absolute Gasteiger partial charge is 0.275 e. The summed E-state index contributed by atoms with van der Waals surface area (Å²) in [7, 11) is 0. The zero-order valence-electron chi connectivity index (χ0n) is 10.4. The maximum absolute atomic E-state index is 11.7. The largest absolute Gasteiger partial charge is 0.508 e. The van der Waals surface area contributed by atoms with Crippen molar-refractivity contribution in [3.05, 3.63) is 35.9 Å². The molecule has 1 aromatic carbocycles. The quantitative estimate of drug-likeness (QED) is 0.442. The standard InChI is InChI=1S/C14H16N2O3/c17-11-6-7-12(13(18)8-11)14(19)16-15-9-10-4-2-1-3-5-10/h1-2,6-10,17-18H,3-5H2,(H,16,19). The predicted octanol–water partition coefficient (Wildman–Crippen LogP) is 2.17. The monoisotopic (exact) mass is 260 g/mol. The first-order valence-electron chi connectivity index (χ1n) is 6.17. The van der Waals surface area contributed by atoms with Crippen LogP contribution >= 0.6 is 0 Å². The minimum atomic E-state index is -0.500. The molecular formula is C14H16N2O3. The Hall–Kier alpha value is -2.30. The summed E-state index contributed by atoms with van der Waals surface area (Å²) in [6.45, 7) is 0. The van der Waals surface area contributed by atoms with Crippen molar-refractivity contribution >= 4 is 12.1 Å². The van der Waals surface area contributed by atoms with E-state index >= 15 is 0 Å². The molecule has 0 heterocycles. The molecule has 0 spiro atoms. The van der Waals surface area contributed by atoms with Gasteiger partial charge in [0.1, 0.15) is 11.5 Å². The third kappa shape index (κ3) is 3.58. The molecule has 0 aliphatic heterocycles. The summed E-state index contributed by atoms with van der Waals surface area (Å²) in [6.07, 6.45) is 8.96. The van der Waals surface area contributed by atoms with Crippen LogP contribution in [0.3, 0.4) is 0 Å². The number of phenols is 2. The lowest BCUT2D eigenvalue weighted by Gasteiger charge is -2.11. The Morgan fingerprint density at radius 3 is 2.89 bits per heavy atom. The molecule has 1 amide bonds. The molecule has 100 valence electrons. The van der Waals surface area contributed by atoms with Gasteiger partial charge in [-0.3, -0.25) is 4.79 Å². The normalized spacial score (nSPS) is 18.6. The Bertz CT molecular complexity index is 523. The van der Waals surface area contributed by atoms with Gasteiger partial charge >= 0.3 is 0 Å². The van der Waals surface area contributed by atoms with Crippen LogP contribution in [0.5, 0.6) is 11.5 Å². The van der Waals surface area contributed by atoms with E-state index in [4.69, 9.17) is 5.11 Å². The number of phenolic OH excluding ortho intramolecular Hbond substituents is 2. The zero-order valence-corrected chi connectivity index (χ0v) is 10.4. The number of carbonyl (C=O) groups excluding carboxylic acids is 1. The van der Waals surface area contributed by atoms with Gasteiger partial charge < -0.3 is 10.2 Å². The highest BCUT2D eigenvalue weighted by Gasteiger charge is 2.11. The van der Waals surface area contributed by atoms with Crippen LogP contribution in [-0.4, -0.2) is 22.3 Å². The molecule has 1 atom stereocenters. The van der Waals surface area contributed by atoms with Crippen LogP contribution in [0.1, 0.15) is 29.6 Å². The fourth-order valence-electron chi connectivity index (χ4n) is 1.93. The summed E-state index contributed by atoms with van der Waals surface area (Å²) in [5, 5.41) is 22.6. The van der Waals surface area contributed by atoms with Gasteiger partial charge in [-0.1, -0.05) is 12.2 Å². The van der Waals surface area contributed by atoms with Gasteiger partial charge in [0.25, 0.3) is 5.91 Å². The molecule has 1 aliphatic carbocycles. The number of hydrogen-bond donors (Lipinski definition) is 3. The Labute approximate surface area is 111 Å². The van der Waals surface area contributed by atoms with E-state index < -0.39 is 5.91 Å². The third-order valence-electron chi connectivity index (χ3n) is 2.99. The molecule has 5 nitrogen and oxygen atoms in total. The molecule has 0 fully saturated rings. The SMILES string of the molecule is O=C(NN=CC1CC=CCC1)c1ccc(O)cc1O. The molecule has 0 saturated carbocycles. The van der Waals surface area contributed by atoms with Crippen molar-refractivity contribution in [2.45, 2.75) is 19.3 Å². The highest BCUT2D eigenvalue weighted by atomic mass is 16.3. The van der Waals surface area contributed by atoms with Gasteiger partial charge in [0.15, 0.2) is 0 Å². The molecule has 19 heavy (non-hydrogen) atoms. The molecule has 0 aromatic heterocycles. The number of rotatable bonds is 3. The second-order valence-electron chi connectivity index (χ2n) is 4.47. The first-order chi connectivity index (χ1) is 9.16. The van der Waals surface area contributed by atoms with E-state index in [1.54, 1.807) is 6.21 Å². The van der Waals surface area contributed by atoms with Gasteiger partial charge in [0.2, 0.25) is 0 Å². The molecule has 1 aliphatic rings. The van der Waals surface area contributed by atoms with E-state index in [1.807, 2.05) is 0 Å². The van der Waals surface area contributed by atoms with E-state index in [0.29, 0.717) is 5.92 Å². The van der Waals surface area contributed by atoms with Crippen LogP contribution < -0.4 is 5.43 Å². The van der Waals surface area contributed by atoms with Crippen molar-refractivity contribution in [3.63, 3.8) is 0 Å². The number of nitrogens with zero attached hydrogens (tertiary/aromatic N) is 1. The minimum Gasteiger partial charge on any atom is -0.508 e. The van der Waals surface area contributed by atoms with Gasteiger partial charge in [0.05, 0.1) is 5.56 Å². The molecule has 2 rings (SSSR count). The maximum atomic E-state index is 11.7. The van der Waals surface area contributed by atoms with E-state index in [9.17, 15) is 9.90 Å². The van der Waals surface area contributed by atoms with E-state index in [0.717, 1.165) is 25.3 Å². The van der Waals surface area contributed by atoms with Crippen LogP contribution in [0.4, 0.5) is 0 Å². The fraction of sp³-hybridized carbons (Fsp3) is 0.286. The summed E-state index contributed by atoms with van der Waals surface area (Å²) in [6, 6.07) is 3.80. The van der Waals surface area contributed by atoms with Crippen LogP contribution in [-0.2, 0) is 0 Å². The van der Waals surface area contributed by atoms with Crippen molar-refractivity contribution in [1.82, 2.24) is 5.43 Å². The molecule has 0 radical (unpaired) electrons. The summed E-state index contributed by atoms with van der Waals surface area (Å²) >= 11 is 0. The highest BCUT2D eigenvalue weighted by Crippen LogP contribution is 2.22. The number of carbonyl (C=O) groups is 1. The van der Waals surface area contributed by atoms with Gasteiger partial charge in [-0.05, 0) is 37.3 Å². The number of amides is 1. The fourth-order valence-corrected chi connectivity index (χ4v) is 1.93. The topological polar surface area (TPSA) is 81.9 Å². The summed E-state index contributed by atoms with van der Waals surface area (Å²) in [4.78, 5) is 11.7. The second-order valence-corrected chi connectivity index (χ2v) is 4.47. The summed E-state index contributed by atoms with van der Waals surface area (Å²) in [5.74, 6) is -0.515. The van der Waals surface area contributed by atoms with Crippen molar-refractivity contribution < 1.29 is 15.0 Å². The average molecular weight is 260 g/mol. The number of hydrogen-bond acceptors (Lipinski definition) is 4. The lowest BCUT2D eigenvalue weighted by molar-refractivity contribution is 0.0952. The lowest BCUT2D eigenvalue weighted by atomic mass is 9.96. The summed E-state index contributed by atoms with van der Waals surface area (Å²) < 4.78 is 0. The van der Waals surface area contributed by atoms with Gasteiger partial charge in [0, 0.05) is 12.3 Å². The van der Waals surface area contributed by atoms with Crippen LogP contribution in [0, 0.1) is 5.92 Å². The first kappa shape index (κ1) is 13.1. The number of nitrogens with one attached hydrogen (secondary N) is 1. The summed E-state index contributed by atoms with van der Waals surface area (Å²) in [5.41, 5.74) is 2.45. The lowest BCUT2D eigenvalue weighted by Crippen LogP contribution is -2.18. The Balaban J connectivity index is 1.93. The van der Waals surface area contributed by atoms with Crippen LogP contribution in [0.15, 0.2) is 35.5 Å². The van der Waals surface area contributed by atoms with Gasteiger partial charge in [-0.25, -0.2) is 5.43 Å². The Morgan fingerprint density at radius 2 is 2.21 bits per heavy atom. The average Bonchev–Trinajstić information content (AvgIpc) is 2.39. The van der Waals surface area contributed by atoms with Crippen molar-refractivity contribution in [2.75, 3.05) is 0 Å². The van der Waals surface area contributed by atoms with Gasteiger partial charge in [-0.2, -0.15) is 5.10 Å². The van der Waals surface area contributed by atoms with Crippen molar-refractivity contribution in [3.8, 4) is 11.5 Å². The van der Waals surface area contributed by atoms with Crippen molar-refractivity contribution in [1.29, 1.82) is 0 Å². The molecule has 5 heteroatoms. The van der Waals surface area contributed by atoms with Crippen LogP contribution in [0.25, 0.3) is 0 Å². The maximum Gasteiger partial charge on any atom is 0.275 e. The minimum absolute atomic E-state index is 0.0819. The molecule has 1 aromatic rings. The van der Waals surface area contributed by atoms with Crippen LogP contribution in [0.2, 0.25) is 0 Å². The molecule has 0 saturated heterocycles. The van der Waals surface area contributed by atoms with E-state index in [1.165, 1.54) is 12.1 Å². The number of hydrazone groups is 1. The Morgan fingerprint density at radius 1 is 1.37 bits per heavy atom. The molecular weight excluding hydrogens is 244 g/mol. The third-order valence-corrected chi connectivity index (χ3v) is 2.99. The molecule has 1 unspecified atom stereocenters. The highest BCUT2D eigenvalue weighted by molar-refractivity contribution is 5.97. The van der Waals surface area contributed by atoms with Gasteiger partial charge in [-0.15, -0.1) is 0 Å². The van der Waals surface area contributed by atoms with Crippen molar-refractivity contribution in [2.24, 2.45) is 11.0 Å². The Kier molecular flexibility index (Phi) is 4.18. The number of benzene rings is 1. The number of allylic oxidation sites excluding steroid dienone is 2. The van der Waals surface area contributed by atoms with E-state index in [2.05, 4.69) is 22.7 Å². The second kappa shape index (κ2) is 6.04. The van der Waals surface area contributed by atoms with E-state index in [-0.39, 0.29) is 17.1 Å². The molecule has 3 N–H and O–H groups in total. The molecule has 0 bridgehead atoms. The number of aromatic hydroxyl groups is 2. The first-order valence-corrected chi connectivity index (χ1v) is 6.17.